The lowest BCUT2D eigenvalue weighted by Gasteiger charge is -2.30. The van der Waals surface area contributed by atoms with Crippen LogP contribution in [0.1, 0.15) is 18.4 Å². The minimum absolute atomic E-state index is 0.121. The third-order valence-corrected chi connectivity index (χ3v) is 3.78. The fourth-order valence-corrected chi connectivity index (χ4v) is 2.64. The highest BCUT2D eigenvalue weighted by Gasteiger charge is 2.51. The van der Waals surface area contributed by atoms with Crippen LogP contribution in [0.25, 0.3) is 0 Å². The SMILES string of the molecule is O=C1NC2(CCOCC2)C(=O)N1Cc1ccccc1. The lowest BCUT2D eigenvalue weighted by atomic mass is 9.90. The van der Waals surface area contributed by atoms with Crippen LogP contribution in [0, 0.1) is 0 Å². The molecule has 0 unspecified atom stereocenters. The van der Waals surface area contributed by atoms with Gasteiger partial charge in [-0.1, -0.05) is 30.3 Å². The van der Waals surface area contributed by atoms with Gasteiger partial charge in [-0.2, -0.15) is 0 Å². The van der Waals surface area contributed by atoms with Crippen LogP contribution in [0.4, 0.5) is 4.79 Å². The largest absolute Gasteiger partial charge is 0.381 e. The van der Waals surface area contributed by atoms with Gasteiger partial charge in [-0.05, 0) is 5.56 Å². The number of hydrogen-bond donors (Lipinski definition) is 1. The number of carbonyl (C=O) groups is 2. The molecule has 5 nitrogen and oxygen atoms in total. The number of hydrogen-bond acceptors (Lipinski definition) is 3. The highest BCUT2D eigenvalue weighted by atomic mass is 16.5. The Morgan fingerprint density at radius 3 is 2.53 bits per heavy atom. The van der Waals surface area contributed by atoms with Crippen molar-refractivity contribution in [3.8, 4) is 0 Å². The van der Waals surface area contributed by atoms with Gasteiger partial charge in [0.2, 0.25) is 0 Å². The molecule has 0 radical (unpaired) electrons. The number of imide groups is 1. The van der Waals surface area contributed by atoms with E-state index >= 15 is 0 Å². The molecular formula is C14H16N2O3. The van der Waals surface area contributed by atoms with Gasteiger partial charge in [0.1, 0.15) is 5.54 Å². The lowest BCUT2D eigenvalue weighted by molar-refractivity contribution is -0.134. The smallest absolute Gasteiger partial charge is 0.325 e. The molecule has 0 saturated carbocycles. The van der Waals surface area contributed by atoms with E-state index in [2.05, 4.69) is 5.32 Å². The molecule has 19 heavy (non-hydrogen) atoms. The van der Waals surface area contributed by atoms with Gasteiger partial charge in [-0.25, -0.2) is 4.79 Å². The summed E-state index contributed by atoms with van der Waals surface area (Å²) in [4.78, 5) is 25.8. The van der Waals surface area contributed by atoms with Gasteiger partial charge >= 0.3 is 6.03 Å². The summed E-state index contributed by atoms with van der Waals surface area (Å²) < 4.78 is 5.27. The van der Waals surface area contributed by atoms with Crippen molar-refractivity contribution < 1.29 is 14.3 Å². The molecule has 2 heterocycles. The van der Waals surface area contributed by atoms with Crippen LogP contribution in [-0.2, 0) is 16.1 Å². The molecule has 0 bridgehead atoms. The number of nitrogens with zero attached hydrogens (tertiary/aromatic N) is 1. The second-order valence-corrected chi connectivity index (χ2v) is 5.00. The predicted octanol–water partition coefficient (Wildman–Crippen LogP) is 1.29. The topological polar surface area (TPSA) is 58.6 Å². The molecule has 1 spiro atoms. The fraction of sp³-hybridized carbons (Fsp3) is 0.429. The Labute approximate surface area is 111 Å². The van der Waals surface area contributed by atoms with E-state index in [4.69, 9.17) is 4.74 Å². The molecule has 0 aromatic heterocycles. The molecule has 3 amide bonds. The first-order valence-electron chi connectivity index (χ1n) is 6.47. The maximum absolute atomic E-state index is 12.5. The lowest BCUT2D eigenvalue weighted by Crippen LogP contribution is -2.51. The second-order valence-electron chi connectivity index (χ2n) is 5.00. The third kappa shape index (κ3) is 2.10. The number of nitrogens with one attached hydrogen (secondary N) is 1. The van der Waals surface area contributed by atoms with Crippen molar-refractivity contribution in [1.29, 1.82) is 0 Å². The van der Waals surface area contributed by atoms with Crippen molar-refractivity contribution in [3.63, 3.8) is 0 Å². The zero-order chi connectivity index (χ0) is 13.3. The van der Waals surface area contributed by atoms with E-state index in [9.17, 15) is 9.59 Å². The van der Waals surface area contributed by atoms with E-state index in [0.717, 1.165) is 5.56 Å². The van der Waals surface area contributed by atoms with Crippen molar-refractivity contribution in [1.82, 2.24) is 10.2 Å². The number of ether oxygens (including phenoxy) is 1. The van der Waals surface area contributed by atoms with Crippen LogP contribution in [0.3, 0.4) is 0 Å². The van der Waals surface area contributed by atoms with E-state index in [1.165, 1.54) is 4.90 Å². The predicted molar refractivity (Wildman–Crippen MR) is 68.3 cm³/mol. The number of benzene rings is 1. The molecule has 1 N–H and O–H groups in total. The number of amides is 3. The Morgan fingerprint density at radius 1 is 1.16 bits per heavy atom. The van der Waals surface area contributed by atoms with Crippen molar-refractivity contribution in [2.45, 2.75) is 24.9 Å². The van der Waals surface area contributed by atoms with Crippen molar-refractivity contribution in [3.05, 3.63) is 35.9 Å². The molecule has 0 atom stereocenters. The third-order valence-electron chi connectivity index (χ3n) is 3.78. The van der Waals surface area contributed by atoms with Gasteiger partial charge in [0.05, 0.1) is 6.54 Å². The van der Waals surface area contributed by atoms with Crippen LogP contribution in [0.2, 0.25) is 0 Å². The van der Waals surface area contributed by atoms with Crippen LogP contribution in [-0.4, -0.2) is 35.6 Å². The minimum atomic E-state index is -0.732. The highest BCUT2D eigenvalue weighted by molar-refractivity contribution is 6.07. The maximum atomic E-state index is 12.5. The Balaban J connectivity index is 1.79. The summed E-state index contributed by atoms with van der Waals surface area (Å²) in [5.41, 5.74) is 0.222. The standard InChI is InChI=1S/C14H16N2O3/c17-12-14(6-8-19-9-7-14)15-13(18)16(12)10-11-4-2-1-3-5-11/h1-5H,6-10H2,(H,15,18). The van der Waals surface area contributed by atoms with E-state index in [1.807, 2.05) is 30.3 Å². The van der Waals surface area contributed by atoms with Gasteiger partial charge in [0.15, 0.2) is 0 Å². The Morgan fingerprint density at radius 2 is 1.84 bits per heavy atom. The van der Waals surface area contributed by atoms with Crippen LogP contribution in [0.15, 0.2) is 30.3 Å². The summed E-state index contributed by atoms with van der Waals surface area (Å²) in [6.07, 6.45) is 1.12. The summed E-state index contributed by atoms with van der Waals surface area (Å²) in [6.45, 7) is 1.37. The number of carbonyl (C=O) groups excluding carboxylic acids is 2. The van der Waals surface area contributed by atoms with Crippen molar-refractivity contribution >= 4 is 11.9 Å². The fourth-order valence-electron chi connectivity index (χ4n) is 2.64. The van der Waals surface area contributed by atoms with E-state index < -0.39 is 5.54 Å². The zero-order valence-corrected chi connectivity index (χ0v) is 10.6. The van der Waals surface area contributed by atoms with Crippen molar-refractivity contribution in [2.24, 2.45) is 0 Å². The average Bonchev–Trinajstić information content (AvgIpc) is 2.66. The van der Waals surface area contributed by atoms with Gasteiger partial charge in [0, 0.05) is 26.1 Å². The molecule has 100 valence electrons. The quantitative estimate of drug-likeness (QED) is 0.815. The highest BCUT2D eigenvalue weighted by Crippen LogP contribution is 2.29. The van der Waals surface area contributed by atoms with E-state index in [0.29, 0.717) is 32.6 Å². The average molecular weight is 260 g/mol. The molecule has 2 fully saturated rings. The Kier molecular flexibility index (Phi) is 2.98. The number of rotatable bonds is 2. The zero-order valence-electron chi connectivity index (χ0n) is 10.6. The van der Waals surface area contributed by atoms with Gasteiger partial charge in [-0.15, -0.1) is 0 Å². The molecule has 1 aromatic rings. The first-order chi connectivity index (χ1) is 9.21. The molecule has 5 heteroatoms. The summed E-state index contributed by atoms with van der Waals surface area (Å²) in [6, 6.07) is 9.24. The van der Waals surface area contributed by atoms with E-state index in [1.54, 1.807) is 0 Å². The number of urea groups is 1. The molecular weight excluding hydrogens is 244 g/mol. The molecule has 3 rings (SSSR count). The monoisotopic (exact) mass is 260 g/mol. The van der Waals surface area contributed by atoms with Crippen LogP contribution in [0.5, 0.6) is 0 Å². The molecule has 0 aliphatic carbocycles. The molecule has 2 saturated heterocycles. The summed E-state index contributed by atoms with van der Waals surface area (Å²) in [7, 11) is 0. The first-order valence-corrected chi connectivity index (χ1v) is 6.47. The normalized spacial score (nSPS) is 21.8. The Hall–Kier alpha value is -1.88. The summed E-state index contributed by atoms with van der Waals surface area (Å²) >= 11 is 0. The van der Waals surface area contributed by atoms with Crippen LogP contribution < -0.4 is 5.32 Å². The summed E-state index contributed by atoms with van der Waals surface area (Å²) in [5.74, 6) is -0.121. The minimum Gasteiger partial charge on any atom is -0.381 e. The van der Waals surface area contributed by atoms with Gasteiger partial charge in [-0.3, -0.25) is 9.69 Å². The van der Waals surface area contributed by atoms with E-state index in [-0.39, 0.29) is 11.9 Å². The van der Waals surface area contributed by atoms with Crippen molar-refractivity contribution in [2.75, 3.05) is 13.2 Å². The first kappa shape index (κ1) is 12.2. The second kappa shape index (κ2) is 4.66. The molecule has 1 aromatic carbocycles. The van der Waals surface area contributed by atoms with Crippen LogP contribution >= 0.6 is 0 Å². The Bertz CT molecular complexity index is 495. The maximum Gasteiger partial charge on any atom is 0.325 e. The molecule has 2 aliphatic rings. The molecule has 2 aliphatic heterocycles. The summed E-state index contributed by atoms with van der Waals surface area (Å²) in [5, 5.41) is 2.85. The van der Waals surface area contributed by atoms with Gasteiger partial charge in [0.25, 0.3) is 5.91 Å². The van der Waals surface area contributed by atoms with Gasteiger partial charge < -0.3 is 10.1 Å².